The summed E-state index contributed by atoms with van der Waals surface area (Å²) in [5.41, 5.74) is 1.58. The Hall–Kier alpha value is -3.33. The van der Waals surface area contributed by atoms with Gasteiger partial charge in [0.25, 0.3) is 0 Å². The number of carbonyl (C=O) groups is 1. The summed E-state index contributed by atoms with van der Waals surface area (Å²) in [5, 5.41) is 5.37. The van der Waals surface area contributed by atoms with Crippen LogP contribution in [0.2, 0.25) is 10.0 Å². The molecule has 5 nitrogen and oxygen atoms in total. The molecule has 10 heteroatoms. The number of hydrogen-bond acceptors (Lipinski definition) is 3. The highest BCUT2D eigenvalue weighted by Gasteiger charge is 2.34. The van der Waals surface area contributed by atoms with Crippen LogP contribution in [0.1, 0.15) is 22.7 Å². The Morgan fingerprint density at radius 1 is 0.816 bits per heavy atom. The number of amides is 1. The molecule has 1 amide bonds. The first kappa shape index (κ1) is 26.3. The minimum atomic E-state index is -4.51. The Morgan fingerprint density at radius 3 is 1.92 bits per heavy atom. The molecule has 1 fully saturated rings. The van der Waals surface area contributed by atoms with E-state index in [9.17, 15) is 18.0 Å². The number of piperazine rings is 1. The maximum Gasteiger partial charge on any atom is 0.417 e. The van der Waals surface area contributed by atoms with Crippen molar-refractivity contribution >= 4 is 29.2 Å². The second-order valence-electron chi connectivity index (χ2n) is 9.03. The summed E-state index contributed by atoms with van der Waals surface area (Å²) in [4.78, 5) is 17.1. The van der Waals surface area contributed by atoms with E-state index in [1.54, 1.807) is 4.90 Å². The highest BCUT2D eigenvalue weighted by atomic mass is 35.5. The van der Waals surface area contributed by atoms with Gasteiger partial charge in [-0.2, -0.15) is 23.0 Å². The largest absolute Gasteiger partial charge is 0.417 e. The van der Waals surface area contributed by atoms with Gasteiger partial charge in [-0.15, -0.1) is 0 Å². The number of benzene rings is 3. The molecular formula is C28H23Cl2F3N4O. The molecule has 0 bridgehead atoms. The van der Waals surface area contributed by atoms with Crippen LogP contribution in [-0.4, -0.2) is 51.8 Å². The van der Waals surface area contributed by atoms with Gasteiger partial charge in [0, 0.05) is 48.0 Å². The molecule has 4 aromatic rings. The van der Waals surface area contributed by atoms with Gasteiger partial charge >= 0.3 is 12.2 Å². The van der Waals surface area contributed by atoms with Crippen molar-refractivity contribution in [1.29, 1.82) is 0 Å². The predicted octanol–water partition coefficient (Wildman–Crippen LogP) is 7.25. The summed E-state index contributed by atoms with van der Waals surface area (Å²) < 4.78 is 41.5. The van der Waals surface area contributed by atoms with Crippen LogP contribution in [0.5, 0.6) is 0 Å². The van der Waals surface area contributed by atoms with Crippen LogP contribution < -0.4 is 0 Å². The van der Waals surface area contributed by atoms with Crippen LogP contribution in [0.25, 0.3) is 11.1 Å². The van der Waals surface area contributed by atoms with E-state index in [4.69, 9.17) is 23.2 Å². The third kappa shape index (κ3) is 5.57. The van der Waals surface area contributed by atoms with E-state index in [1.807, 2.05) is 48.5 Å². The number of rotatable bonds is 4. The minimum absolute atomic E-state index is 0.0161. The molecule has 5 rings (SSSR count). The van der Waals surface area contributed by atoms with Crippen LogP contribution in [0.4, 0.5) is 18.0 Å². The van der Waals surface area contributed by atoms with E-state index in [1.165, 1.54) is 30.6 Å². The molecule has 2 heterocycles. The van der Waals surface area contributed by atoms with E-state index in [0.29, 0.717) is 36.2 Å². The Kier molecular flexibility index (Phi) is 7.47. The van der Waals surface area contributed by atoms with Crippen LogP contribution in [0, 0.1) is 0 Å². The summed E-state index contributed by atoms with van der Waals surface area (Å²) in [6, 6.07) is 20.2. The lowest BCUT2D eigenvalue weighted by Gasteiger charge is -2.39. The van der Waals surface area contributed by atoms with E-state index >= 15 is 0 Å². The maximum atomic E-state index is 13.5. The zero-order chi connectivity index (χ0) is 26.9. The number of hydrogen-bond donors (Lipinski definition) is 0. The molecule has 196 valence electrons. The molecule has 0 N–H and O–H groups in total. The third-order valence-electron chi connectivity index (χ3n) is 6.64. The van der Waals surface area contributed by atoms with Gasteiger partial charge in [-0.05, 0) is 47.0 Å². The topological polar surface area (TPSA) is 41.4 Å². The predicted molar refractivity (Wildman–Crippen MR) is 141 cm³/mol. The molecule has 38 heavy (non-hydrogen) atoms. The first-order valence-electron chi connectivity index (χ1n) is 12.0. The lowest BCUT2D eigenvalue weighted by atomic mass is 9.96. The number of nitrogens with zero attached hydrogens (tertiary/aromatic N) is 4. The summed E-state index contributed by atoms with van der Waals surface area (Å²) in [5.74, 6) is 0. The molecule has 1 saturated heterocycles. The molecule has 1 aliphatic heterocycles. The van der Waals surface area contributed by atoms with E-state index < -0.39 is 11.7 Å². The quantitative estimate of drug-likeness (QED) is 0.265. The van der Waals surface area contributed by atoms with E-state index in [2.05, 4.69) is 10.00 Å². The first-order valence-corrected chi connectivity index (χ1v) is 12.7. The average molecular weight is 559 g/mol. The summed E-state index contributed by atoms with van der Waals surface area (Å²) >= 11 is 12.2. The molecule has 0 aliphatic carbocycles. The summed E-state index contributed by atoms with van der Waals surface area (Å²) in [7, 11) is 0. The standard InChI is InChI=1S/C28H23Cl2F3N4O/c29-22-9-5-19(6-10-22)26(20-7-11-23(30)12-8-20)35-13-15-36(16-14-35)27(38)37-18-21(17-34-37)24-3-1-2-4-25(24)28(31,32)33/h1-12,17-18,26H,13-16H2. The van der Waals surface area contributed by atoms with E-state index in [0.717, 1.165) is 21.9 Å². The fourth-order valence-electron chi connectivity index (χ4n) is 4.77. The van der Waals surface area contributed by atoms with Crippen LogP contribution in [-0.2, 0) is 6.18 Å². The zero-order valence-electron chi connectivity index (χ0n) is 20.1. The molecule has 0 unspecified atom stereocenters. The van der Waals surface area contributed by atoms with Crippen molar-refractivity contribution in [3.8, 4) is 11.1 Å². The van der Waals surface area contributed by atoms with Gasteiger partial charge in [-0.3, -0.25) is 4.90 Å². The summed E-state index contributed by atoms with van der Waals surface area (Å²) in [6.07, 6.45) is -1.87. The molecule has 1 aromatic heterocycles. The smallest absolute Gasteiger partial charge is 0.320 e. The van der Waals surface area contributed by atoms with Crippen LogP contribution >= 0.6 is 23.2 Å². The monoisotopic (exact) mass is 558 g/mol. The SMILES string of the molecule is O=C(N1CCN(C(c2ccc(Cl)cc2)c2ccc(Cl)cc2)CC1)n1cc(-c2ccccc2C(F)(F)F)cn1. The average Bonchev–Trinajstić information content (AvgIpc) is 3.41. The van der Waals surface area contributed by atoms with Crippen molar-refractivity contribution in [1.82, 2.24) is 19.6 Å². The van der Waals surface area contributed by atoms with Crippen molar-refractivity contribution in [2.24, 2.45) is 0 Å². The first-order chi connectivity index (χ1) is 18.2. The molecule has 3 aromatic carbocycles. The number of carbonyl (C=O) groups excluding carboxylic acids is 1. The second-order valence-corrected chi connectivity index (χ2v) is 9.90. The fourth-order valence-corrected chi connectivity index (χ4v) is 5.02. The highest BCUT2D eigenvalue weighted by Crippen LogP contribution is 2.37. The Labute approximate surface area is 228 Å². The summed E-state index contributed by atoms with van der Waals surface area (Å²) in [6.45, 7) is 2.05. The van der Waals surface area contributed by atoms with Gasteiger partial charge in [0.1, 0.15) is 0 Å². The van der Waals surface area contributed by atoms with Gasteiger partial charge in [0.05, 0.1) is 17.8 Å². The maximum absolute atomic E-state index is 13.5. The van der Waals surface area contributed by atoms with Gasteiger partial charge in [0.2, 0.25) is 0 Å². The number of alkyl halides is 3. The Morgan fingerprint density at radius 2 is 1.37 bits per heavy atom. The lowest BCUT2D eigenvalue weighted by Crippen LogP contribution is -2.51. The van der Waals surface area contributed by atoms with Gasteiger partial charge in [-0.25, -0.2) is 4.79 Å². The van der Waals surface area contributed by atoms with Crippen molar-refractivity contribution in [2.45, 2.75) is 12.2 Å². The van der Waals surface area contributed by atoms with Crippen molar-refractivity contribution < 1.29 is 18.0 Å². The van der Waals surface area contributed by atoms with Crippen LogP contribution in [0.3, 0.4) is 0 Å². The fraction of sp³-hybridized carbons (Fsp3) is 0.214. The molecular weight excluding hydrogens is 536 g/mol. The normalized spacial score (nSPS) is 14.7. The van der Waals surface area contributed by atoms with Gasteiger partial charge < -0.3 is 4.90 Å². The second kappa shape index (κ2) is 10.8. The van der Waals surface area contributed by atoms with Crippen molar-refractivity contribution in [3.63, 3.8) is 0 Å². The molecule has 0 atom stereocenters. The highest BCUT2D eigenvalue weighted by molar-refractivity contribution is 6.30. The van der Waals surface area contributed by atoms with Gasteiger partial charge in [-0.1, -0.05) is 65.7 Å². The molecule has 0 spiro atoms. The van der Waals surface area contributed by atoms with Crippen molar-refractivity contribution in [3.05, 3.63) is 112 Å². The zero-order valence-corrected chi connectivity index (χ0v) is 21.6. The minimum Gasteiger partial charge on any atom is -0.320 e. The Balaban J connectivity index is 1.32. The molecule has 0 saturated carbocycles. The van der Waals surface area contributed by atoms with Crippen molar-refractivity contribution in [2.75, 3.05) is 26.2 Å². The van der Waals surface area contributed by atoms with Crippen LogP contribution in [0.15, 0.2) is 85.2 Å². The number of aromatic nitrogens is 2. The molecule has 0 radical (unpaired) electrons. The third-order valence-corrected chi connectivity index (χ3v) is 7.15. The van der Waals surface area contributed by atoms with Gasteiger partial charge in [0.15, 0.2) is 0 Å². The lowest BCUT2D eigenvalue weighted by molar-refractivity contribution is -0.137. The van der Waals surface area contributed by atoms with E-state index in [-0.39, 0.29) is 23.2 Å². The molecule has 1 aliphatic rings. The number of halogens is 5. The Bertz CT molecular complexity index is 1370.